The molecule has 0 unspecified atom stereocenters. The smallest absolute Gasteiger partial charge is 0.248 e. The number of carbonyl (C=O) groups is 1. The summed E-state index contributed by atoms with van der Waals surface area (Å²) in [7, 11) is 1.67. The van der Waals surface area contributed by atoms with Gasteiger partial charge in [0, 0.05) is 25.4 Å². The van der Waals surface area contributed by atoms with Gasteiger partial charge in [-0.15, -0.1) is 0 Å². The van der Waals surface area contributed by atoms with Crippen molar-refractivity contribution in [3.05, 3.63) is 24.5 Å². The van der Waals surface area contributed by atoms with Gasteiger partial charge in [-0.05, 0) is 40.0 Å². The predicted molar refractivity (Wildman–Crippen MR) is 119 cm³/mol. The number of nitrogens with zero attached hydrogens (tertiary/aromatic N) is 3. The van der Waals surface area contributed by atoms with Crippen LogP contribution in [0.5, 0.6) is 11.6 Å². The van der Waals surface area contributed by atoms with Crippen LogP contribution in [0.3, 0.4) is 0 Å². The van der Waals surface area contributed by atoms with E-state index in [4.69, 9.17) is 9.47 Å². The minimum atomic E-state index is -0.534. The molecule has 0 radical (unpaired) electrons. The van der Waals surface area contributed by atoms with E-state index in [1.807, 2.05) is 33.9 Å². The second kappa shape index (κ2) is 9.77. The van der Waals surface area contributed by atoms with Crippen LogP contribution in [-0.2, 0) is 16.1 Å². The van der Waals surface area contributed by atoms with Crippen molar-refractivity contribution in [3.63, 3.8) is 0 Å². The van der Waals surface area contributed by atoms with Crippen molar-refractivity contribution in [1.82, 2.24) is 14.3 Å². The summed E-state index contributed by atoms with van der Waals surface area (Å²) in [5, 5.41) is 17.9. The van der Waals surface area contributed by atoms with Crippen LogP contribution >= 0.6 is 0 Å². The van der Waals surface area contributed by atoms with E-state index in [9.17, 15) is 9.90 Å². The van der Waals surface area contributed by atoms with Gasteiger partial charge in [0.2, 0.25) is 5.91 Å². The quantitative estimate of drug-likeness (QED) is 0.582. The molecule has 2 heterocycles. The lowest BCUT2D eigenvalue weighted by Gasteiger charge is -2.23. The number of nitrogens with one attached hydrogen (secondary N) is 1. The average molecular weight is 433 g/mol. The zero-order valence-electron chi connectivity index (χ0n) is 19.3. The topological polar surface area (TPSA) is 90.5 Å². The standard InChI is InChI=1S/C23H36N4O4/c1-16(2)31-18-13-21(28)27(14-18)19(12-17-8-6-7-9-17)22(29)24-20-10-11-26(25-20)15-23(3,4)30-5/h10-11,13-14,16-17,19,28H,6-9,12,15H2,1-5H3,(H,24,25,29)/t19-/m0/s1. The first-order chi connectivity index (χ1) is 14.7. The van der Waals surface area contributed by atoms with Crippen LogP contribution < -0.4 is 10.1 Å². The van der Waals surface area contributed by atoms with Crippen molar-refractivity contribution >= 4 is 11.7 Å². The maximum absolute atomic E-state index is 13.3. The van der Waals surface area contributed by atoms with Gasteiger partial charge in [-0.2, -0.15) is 5.10 Å². The normalized spacial score (nSPS) is 16.1. The molecule has 0 bridgehead atoms. The van der Waals surface area contributed by atoms with Crippen LogP contribution in [0.2, 0.25) is 0 Å². The first-order valence-electron chi connectivity index (χ1n) is 11.1. The van der Waals surface area contributed by atoms with Gasteiger partial charge in [-0.25, -0.2) is 0 Å². The van der Waals surface area contributed by atoms with Gasteiger partial charge in [0.1, 0.15) is 11.8 Å². The molecule has 2 N–H and O–H groups in total. The molecule has 31 heavy (non-hydrogen) atoms. The van der Waals surface area contributed by atoms with Gasteiger partial charge >= 0.3 is 0 Å². The Morgan fingerprint density at radius 1 is 1.35 bits per heavy atom. The molecule has 1 aliphatic rings. The second-order valence-electron chi connectivity index (χ2n) is 9.36. The van der Waals surface area contributed by atoms with E-state index in [1.54, 1.807) is 34.7 Å². The fourth-order valence-electron chi connectivity index (χ4n) is 4.12. The number of anilines is 1. The Morgan fingerprint density at radius 3 is 2.71 bits per heavy atom. The molecule has 0 spiro atoms. The van der Waals surface area contributed by atoms with Crippen molar-refractivity contribution in [1.29, 1.82) is 0 Å². The van der Waals surface area contributed by atoms with Crippen molar-refractivity contribution in [2.75, 3.05) is 12.4 Å². The second-order valence-corrected chi connectivity index (χ2v) is 9.36. The number of amides is 1. The molecule has 1 saturated carbocycles. The van der Waals surface area contributed by atoms with Crippen molar-refractivity contribution in [3.8, 4) is 11.6 Å². The van der Waals surface area contributed by atoms with Gasteiger partial charge in [-0.3, -0.25) is 9.48 Å². The van der Waals surface area contributed by atoms with Gasteiger partial charge in [0.05, 0.1) is 24.4 Å². The fraction of sp³-hybridized carbons (Fsp3) is 0.652. The molecule has 172 valence electrons. The van der Waals surface area contributed by atoms with Crippen LogP contribution in [-0.4, -0.2) is 44.2 Å². The summed E-state index contributed by atoms with van der Waals surface area (Å²) < 4.78 is 14.5. The third-order valence-electron chi connectivity index (χ3n) is 5.83. The number of aromatic hydroxyl groups is 1. The third-order valence-corrected chi connectivity index (χ3v) is 5.83. The van der Waals surface area contributed by atoms with Crippen LogP contribution in [0.4, 0.5) is 5.82 Å². The van der Waals surface area contributed by atoms with Crippen LogP contribution in [0, 0.1) is 5.92 Å². The summed E-state index contributed by atoms with van der Waals surface area (Å²) in [5.74, 6) is 1.35. The van der Waals surface area contributed by atoms with E-state index in [-0.39, 0.29) is 23.5 Å². The predicted octanol–water partition coefficient (Wildman–Crippen LogP) is 4.36. The molecular formula is C23H36N4O4. The van der Waals surface area contributed by atoms with Crippen molar-refractivity contribution in [2.24, 2.45) is 5.92 Å². The van der Waals surface area contributed by atoms with E-state index in [2.05, 4.69) is 10.4 Å². The molecule has 1 atom stereocenters. The van der Waals surface area contributed by atoms with Crippen LogP contribution in [0.1, 0.15) is 65.8 Å². The fourth-order valence-corrected chi connectivity index (χ4v) is 4.12. The monoisotopic (exact) mass is 432 g/mol. The molecule has 8 heteroatoms. The van der Waals surface area contributed by atoms with Crippen LogP contribution in [0.25, 0.3) is 0 Å². The molecule has 0 saturated heterocycles. The minimum absolute atomic E-state index is 0.0160. The highest BCUT2D eigenvalue weighted by Gasteiger charge is 2.29. The molecule has 2 aromatic rings. The van der Waals surface area contributed by atoms with Gasteiger partial charge in [0.15, 0.2) is 11.7 Å². The molecule has 0 aliphatic heterocycles. The van der Waals surface area contributed by atoms with Gasteiger partial charge in [0.25, 0.3) is 0 Å². The highest BCUT2D eigenvalue weighted by Crippen LogP contribution is 2.36. The molecule has 8 nitrogen and oxygen atoms in total. The third kappa shape index (κ3) is 6.26. The Hall–Kier alpha value is -2.48. The highest BCUT2D eigenvalue weighted by atomic mass is 16.5. The summed E-state index contributed by atoms with van der Waals surface area (Å²) in [4.78, 5) is 13.3. The molecule has 0 aromatic carbocycles. The maximum Gasteiger partial charge on any atom is 0.248 e. The van der Waals surface area contributed by atoms with E-state index >= 15 is 0 Å². The summed E-state index contributed by atoms with van der Waals surface area (Å²) in [6.07, 6.45) is 8.81. The summed E-state index contributed by atoms with van der Waals surface area (Å²) in [5.41, 5.74) is -0.359. The Labute approximate surface area is 184 Å². The van der Waals surface area contributed by atoms with Gasteiger partial charge in [-0.1, -0.05) is 25.7 Å². The largest absolute Gasteiger partial charge is 0.494 e. The van der Waals surface area contributed by atoms with Crippen molar-refractivity contribution in [2.45, 2.75) is 84.1 Å². The van der Waals surface area contributed by atoms with E-state index in [1.165, 1.54) is 12.8 Å². The summed E-state index contributed by atoms with van der Waals surface area (Å²) in [6.45, 7) is 8.39. The number of hydrogen-bond acceptors (Lipinski definition) is 5. The highest BCUT2D eigenvalue weighted by molar-refractivity contribution is 5.93. The number of carbonyl (C=O) groups excluding carboxylic acids is 1. The SMILES string of the molecule is COC(C)(C)Cn1ccc(NC(=O)[C@H](CC2CCCC2)n2cc(OC(C)C)cc2O)n1. The molecular weight excluding hydrogens is 396 g/mol. The maximum atomic E-state index is 13.3. The molecule has 2 aromatic heterocycles. The summed E-state index contributed by atoms with van der Waals surface area (Å²) >= 11 is 0. The summed E-state index contributed by atoms with van der Waals surface area (Å²) in [6, 6.07) is 2.81. The molecule has 1 fully saturated rings. The average Bonchev–Trinajstić information content (AvgIpc) is 3.41. The lowest BCUT2D eigenvalue weighted by molar-refractivity contribution is -0.119. The molecule has 1 aliphatic carbocycles. The zero-order chi connectivity index (χ0) is 22.6. The number of rotatable bonds is 10. The zero-order valence-corrected chi connectivity index (χ0v) is 19.3. The van der Waals surface area contributed by atoms with E-state index < -0.39 is 6.04 Å². The molecule has 3 rings (SSSR count). The lowest BCUT2D eigenvalue weighted by atomic mass is 9.97. The van der Waals surface area contributed by atoms with E-state index in [0.29, 0.717) is 30.5 Å². The molecule has 1 amide bonds. The van der Waals surface area contributed by atoms with E-state index in [0.717, 1.165) is 12.8 Å². The first-order valence-corrected chi connectivity index (χ1v) is 11.1. The number of aromatic nitrogens is 3. The first kappa shape index (κ1) is 23.2. The number of hydrogen-bond donors (Lipinski definition) is 2. The lowest BCUT2D eigenvalue weighted by Crippen LogP contribution is -2.30. The van der Waals surface area contributed by atoms with Crippen molar-refractivity contribution < 1.29 is 19.4 Å². The number of ether oxygens (including phenoxy) is 2. The Kier molecular flexibility index (Phi) is 7.30. The van der Waals surface area contributed by atoms with Crippen LogP contribution in [0.15, 0.2) is 24.5 Å². The Bertz CT molecular complexity index is 865. The number of methoxy groups -OCH3 is 1. The Balaban J connectivity index is 1.77. The van der Waals surface area contributed by atoms with Gasteiger partial charge < -0.3 is 24.5 Å². The minimum Gasteiger partial charge on any atom is -0.494 e. The Morgan fingerprint density at radius 2 is 2.06 bits per heavy atom.